The molecule has 8 heteroatoms. The fourth-order valence-corrected chi connectivity index (χ4v) is 4.82. The van der Waals surface area contributed by atoms with Crippen molar-refractivity contribution in [2.45, 2.75) is 76.0 Å². The molecule has 1 saturated heterocycles. The van der Waals surface area contributed by atoms with Crippen LogP contribution < -0.4 is 40.0 Å². The second-order valence-electron chi connectivity index (χ2n) is 8.23. The summed E-state index contributed by atoms with van der Waals surface area (Å²) in [6.07, 6.45) is 5.12. The summed E-state index contributed by atoms with van der Waals surface area (Å²) in [4.78, 5) is 38.0. The van der Waals surface area contributed by atoms with Crippen LogP contribution in [0.1, 0.15) is 51.0 Å². The molecule has 0 aromatic heterocycles. The minimum Gasteiger partial charge on any atom is -0.548 e. The van der Waals surface area contributed by atoms with E-state index in [9.17, 15) is 24.6 Å². The molecular formula is C22H29N2NaO5. The first kappa shape index (κ1) is 24.9. The third-order valence-corrected chi connectivity index (χ3v) is 6.30. The van der Waals surface area contributed by atoms with Crippen LogP contribution in [0.5, 0.6) is 0 Å². The maximum Gasteiger partial charge on any atom is 1.00 e. The SMILES string of the molecule is C[C@@H](N[C@H](CCc1ccccc1)C(=O)[O-])C(=O)N1[C@@H](C(=O)O)C[C@@H]2CCCC[C@H]21.[Na+]. The van der Waals surface area contributed by atoms with Gasteiger partial charge < -0.3 is 19.9 Å². The van der Waals surface area contributed by atoms with Gasteiger partial charge in [-0.1, -0.05) is 43.2 Å². The monoisotopic (exact) mass is 424 g/mol. The van der Waals surface area contributed by atoms with Crippen molar-refractivity contribution in [3.63, 3.8) is 0 Å². The third-order valence-electron chi connectivity index (χ3n) is 6.30. The molecule has 1 amide bonds. The van der Waals surface area contributed by atoms with Crippen LogP contribution in [0.25, 0.3) is 0 Å². The van der Waals surface area contributed by atoms with E-state index in [0.717, 1.165) is 31.2 Å². The molecule has 0 spiro atoms. The van der Waals surface area contributed by atoms with E-state index in [0.29, 0.717) is 19.3 Å². The third kappa shape index (κ3) is 5.84. The van der Waals surface area contributed by atoms with Crippen molar-refractivity contribution in [1.82, 2.24) is 10.2 Å². The van der Waals surface area contributed by atoms with Gasteiger partial charge in [0.05, 0.1) is 12.0 Å². The van der Waals surface area contributed by atoms with Gasteiger partial charge in [-0.3, -0.25) is 10.1 Å². The molecule has 3 rings (SSSR count). The molecule has 5 atom stereocenters. The molecule has 1 aliphatic carbocycles. The number of benzene rings is 1. The minimum absolute atomic E-state index is 0. The van der Waals surface area contributed by atoms with E-state index in [4.69, 9.17) is 0 Å². The van der Waals surface area contributed by atoms with Gasteiger partial charge >= 0.3 is 35.5 Å². The molecular weight excluding hydrogens is 395 g/mol. The molecule has 2 N–H and O–H groups in total. The summed E-state index contributed by atoms with van der Waals surface area (Å²) < 4.78 is 0. The van der Waals surface area contributed by atoms with Gasteiger partial charge in [-0.25, -0.2) is 4.79 Å². The van der Waals surface area contributed by atoms with E-state index in [1.165, 1.54) is 4.90 Å². The standard InChI is InChI=1S/C22H30N2O5.Na/c1-14(23-17(21(26)27)12-11-15-7-3-2-4-8-15)20(25)24-18-10-6-5-9-16(18)13-19(24)22(28)29;/h2-4,7-8,14,16-19,23H,5-6,9-13H2,1H3,(H,26,27)(H,28,29);/q;+1/p-1/t14-,16+,17-,18-,19-;/m1./s1. The number of carboxylic acids is 2. The van der Waals surface area contributed by atoms with Crippen LogP contribution in [0, 0.1) is 5.92 Å². The Morgan fingerprint density at radius 1 is 1.20 bits per heavy atom. The summed E-state index contributed by atoms with van der Waals surface area (Å²) >= 11 is 0. The Bertz CT molecular complexity index is 744. The second-order valence-corrected chi connectivity index (χ2v) is 8.23. The summed E-state index contributed by atoms with van der Waals surface area (Å²) in [6.45, 7) is 1.61. The van der Waals surface area contributed by atoms with Gasteiger partial charge in [0.15, 0.2) is 0 Å². The van der Waals surface area contributed by atoms with Gasteiger partial charge in [-0.2, -0.15) is 0 Å². The van der Waals surface area contributed by atoms with Crippen molar-refractivity contribution in [3.8, 4) is 0 Å². The van der Waals surface area contributed by atoms with E-state index in [1.54, 1.807) is 6.92 Å². The summed E-state index contributed by atoms with van der Waals surface area (Å²) in [7, 11) is 0. The topological polar surface area (TPSA) is 110 Å². The van der Waals surface area contributed by atoms with Crippen molar-refractivity contribution >= 4 is 17.8 Å². The van der Waals surface area contributed by atoms with Gasteiger partial charge in [0.25, 0.3) is 0 Å². The average molecular weight is 424 g/mol. The molecule has 2 fully saturated rings. The van der Waals surface area contributed by atoms with Crippen LogP contribution in [0.4, 0.5) is 0 Å². The number of carboxylic acid groups (broad SMARTS) is 2. The van der Waals surface area contributed by atoms with E-state index in [1.807, 2.05) is 30.3 Å². The first-order valence-electron chi connectivity index (χ1n) is 10.4. The Hall–Kier alpha value is -1.41. The van der Waals surface area contributed by atoms with Gasteiger partial charge in [0, 0.05) is 12.1 Å². The predicted molar refractivity (Wildman–Crippen MR) is 105 cm³/mol. The van der Waals surface area contributed by atoms with Crippen molar-refractivity contribution < 1.29 is 54.2 Å². The number of nitrogens with zero attached hydrogens (tertiary/aromatic N) is 1. The number of aryl methyl sites for hydroxylation is 1. The van der Waals surface area contributed by atoms with Crippen LogP contribution in [0.15, 0.2) is 30.3 Å². The number of nitrogens with one attached hydrogen (secondary N) is 1. The van der Waals surface area contributed by atoms with E-state index in [2.05, 4.69) is 5.32 Å². The van der Waals surface area contributed by atoms with Crippen LogP contribution in [-0.2, 0) is 20.8 Å². The summed E-state index contributed by atoms with van der Waals surface area (Å²) in [5, 5.41) is 24.1. The zero-order valence-corrected chi connectivity index (χ0v) is 19.8. The van der Waals surface area contributed by atoms with Gasteiger partial charge in [-0.15, -0.1) is 0 Å². The number of hydrogen-bond donors (Lipinski definition) is 2. The zero-order chi connectivity index (χ0) is 21.0. The summed E-state index contributed by atoms with van der Waals surface area (Å²) in [5.41, 5.74) is 1.01. The van der Waals surface area contributed by atoms with Crippen molar-refractivity contribution in [2.75, 3.05) is 0 Å². The number of amides is 1. The molecule has 2 aliphatic rings. The Kier molecular flexibility index (Phi) is 9.34. The smallest absolute Gasteiger partial charge is 0.548 e. The van der Waals surface area contributed by atoms with Crippen molar-refractivity contribution in [2.24, 2.45) is 5.92 Å². The van der Waals surface area contributed by atoms with Gasteiger partial charge in [0.1, 0.15) is 6.04 Å². The normalized spacial score (nSPS) is 25.0. The Labute approximate surface area is 199 Å². The first-order valence-corrected chi connectivity index (χ1v) is 10.4. The molecule has 1 aromatic rings. The molecule has 1 aromatic carbocycles. The largest absolute Gasteiger partial charge is 1.00 e. The molecule has 0 unspecified atom stereocenters. The number of carbonyl (C=O) groups is 3. The van der Waals surface area contributed by atoms with E-state index in [-0.39, 0.29) is 47.4 Å². The number of hydrogen-bond acceptors (Lipinski definition) is 5. The van der Waals surface area contributed by atoms with Crippen LogP contribution in [-0.4, -0.2) is 52.0 Å². The molecule has 1 saturated carbocycles. The number of aliphatic carboxylic acids is 2. The average Bonchev–Trinajstić information content (AvgIpc) is 3.10. The summed E-state index contributed by atoms with van der Waals surface area (Å²) in [5.74, 6) is -2.36. The van der Waals surface area contributed by atoms with E-state index < -0.39 is 30.1 Å². The quantitative estimate of drug-likeness (QED) is 0.466. The fourth-order valence-electron chi connectivity index (χ4n) is 4.82. The zero-order valence-electron chi connectivity index (χ0n) is 17.8. The first-order chi connectivity index (χ1) is 13.9. The number of fused-ring (bicyclic) bond motifs is 1. The Balaban J connectivity index is 0.00000320. The Morgan fingerprint density at radius 2 is 1.87 bits per heavy atom. The van der Waals surface area contributed by atoms with E-state index >= 15 is 0 Å². The van der Waals surface area contributed by atoms with Crippen molar-refractivity contribution in [1.29, 1.82) is 0 Å². The maximum atomic E-state index is 13.1. The van der Waals surface area contributed by atoms with Gasteiger partial charge in [0.2, 0.25) is 5.91 Å². The molecule has 0 radical (unpaired) electrons. The molecule has 7 nitrogen and oxygen atoms in total. The molecule has 30 heavy (non-hydrogen) atoms. The van der Waals surface area contributed by atoms with Crippen LogP contribution >= 0.6 is 0 Å². The molecule has 1 aliphatic heterocycles. The minimum atomic E-state index is -1.26. The van der Waals surface area contributed by atoms with Crippen LogP contribution in [0.2, 0.25) is 0 Å². The molecule has 158 valence electrons. The number of rotatable bonds is 8. The molecule has 1 heterocycles. The maximum absolute atomic E-state index is 13.1. The molecule has 0 bridgehead atoms. The van der Waals surface area contributed by atoms with Crippen LogP contribution in [0.3, 0.4) is 0 Å². The van der Waals surface area contributed by atoms with Crippen molar-refractivity contribution in [3.05, 3.63) is 35.9 Å². The van der Waals surface area contributed by atoms with Gasteiger partial charge in [-0.05, 0) is 50.5 Å². The second kappa shape index (κ2) is 11.3. The summed E-state index contributed by atoms with van der Waals surface area (Å²) in [6, 6.07) is 6.85. The Morgan fingerprint density at radius 3 is 2.50 bits per heavy atom. The number of carbonyl (C=O) groups excluding carboxylic acids is 2. The fraction of sp³-hybridized carbons (Fsp3) is 0.591. The number of likely N-dealkylation sites (tertiary alicyclic amines) is 1. The predicted octanol–water partition coefficient (Wildman–Crippen LogP) is -2.04.